The molecule has 2 atom stereocenters. The zero-order valence-corrected chi connectivity index (χ0v) is 10.1. The maximum absolute atomic E-state index is 6.29. The number of piperazine rings is 1. The number of nitrogens with one attached hydrogen (secondary N) is 1. The first-order chi connectivity index (χ1) is 7.86. The predicted octanol–water partition coefficient (Wildman–Crippen LogP) is 2.45. The summed E-state index contributed by atoms with van der Waals surface area (Å²) in [5, 5.41) is 4.44. The molecule has 0 radical (unpaired) electrons. The first kappa shape index (κ1) is 10.6. The van der Waals surface area contributed by atoms with Crippen LogP contribution in [0, 0.1) is 0 Å². The molecule has 2 heterocycles. The van der Waals surface area contributed by atoms with Crippen LogP contribution in [0.4, 0.5) is 0 Å². The Morgan fingerprint density at radius 1 is 1.25 bits per heavy atom. The van der Waals surface area contributed by atoms with Gasteiger partial charge in [0, 0.05) is 30.2 Å². The van der Waals surface area contributed by atoms with E-state index in [0.717, 1.165) is 24.2 Å². The average molecular weight is 237 g/mol. The van der Waals surface area contributed by atoms with Crippen molar-refractivity contribution in [1.29, 1.82) is 0 Å². The minimum Gasteiger partial charge on any atom is -0.313 e. The minimum absolute atomic E-state index is 0.468. The average Bonchev–Trinajstić information content (AvgIpc) is 2.77. The Labute approximate surface area is 102 Å². The Bertz CT molecular complexity index is 380. The number of rotatable bonds is 1. The van der Waals surface area contributed by atoms with Gasteiger partial charge in [-0.15, -0.1) is 0 Å². The molecule has 3 rings (SSSR count). The fraction of sp³-hybridized carbons (Fsp3) is 0.538. The van der Waals surface area contributed by atoms with Gasteiger partial charge in [-0.2, -0.15) is 0 Å². The fourth-order valence-electron chi connectivity index (χ4n) is 3.03. The van der Waals surface area contributed by atoms with E-state index in [9.17, 15) is 0 Å². The smallest absolute Gasteiger partial charge is 0.0490 e. The molecule has 1 aromatic rings. The lowest BCUT2D eigenvalue weighted by Gasteiger charge is -2.38. The summed E-state index contributed by atoms with van der Waals surface area (Å²) in [4.78, 5) is 2.62. The van der Waals surface area contributed by atoms with E-state index in [4.69, 9.17) is 11.6 Å². The van der Waals surface area contributed by atoms with Gasteiger partial charge >= 0.3 is 0 Å². The van der Waals surface area contributed by atoms with Crippen molar-refractivity contribution in [3.63, 3.8) is 0 Å². The molecular weight excluding hydrogens is 220 g/mol. The summed E-state index contributed by atoms with van der Waals surface area (Å²) < 4.78 is 0. The highest BCUT2D eigenvalue weighted by Crippen LogP contribution is 2.34. The fourth-order valence-corrected chi connectivity index (χ4v) is 3.29. The van der Waals surface area contributed by atoms with Gasteiger partial charge in [0.15, 0.2) is 0 Å². The van der Waals surface area contributed by atoms with Crippen LogP contribution in [0.15, 0.2) is 24.3 Å². The van der Waals surface area contributed by atoms with Crippen LogP contribution < -0.4 is 5.32 Å². The van der Waals surface area contributed by atoms with E-state index in [2.05, 4.69) is 22.3 Å². The predicted molar refractivity (Wildman–Crippen MR) is 66.8 cm³/mol. The number of nitrogens with zero attached hydrogens (tertiary/aromatic N) is 1. The Morgan fingerprint density at radius 2 is 2.12 bits per heavy atom. The number of benzene rings is 1. The van der Waals surface area contributed by atoms with Gasteiger partial charge in [0.25, 0.3) is 0 Å². The van der Waals surface area contributed by atoms with Crippen molar-refractivity contribution in [1.82, 2.24) is 10.2 Å². The maximum atomic E-state index is 6.29. The first-order valence-corrected chi connectivity index (χ1v) is 6.45. The summed E-state index contributed by atoms with van der Waals surface area (Å²) in [7, 11) is 0. The van der Waals surface area contributed by atoms with Gasteiger partial charge in [-0.3, -0.25) is 4.90 Å². The highest BCUT2D eigenvalue weighted by molar-refractivity contribution is 6.31. The van der Waals surface area contributed by atoms with Crippen LogP contribution in [0.2, 0.25) is 5.02 Å². The second-order valence-corrected chi connectivity index (χ2v) is 5.14. The lowest BCUT2D eigenvalue weighted by atomic mass is 10.0. The zero-order chi connectivity index (χ0) is 11.0. The summed E-state index contributed by atoms with van der Waals surface area (Å²) >= 11 is 6.29. The van der Waals surface area contributed by atoms with E-state index in [1.54, 1.807) is 0 Å². The van der Waals surface area contributed by atoms with E-state index in [1.165, 1.54) is 24.9 Å². The van der Waals surface area contributed by atoms with E-state index < -0.39 is 0 Å². The molecule has 86 valence electrons. The Hall–Kier alpha value is -0.570. The molecule has 0 spiro atoms. The lowest BCUT2D eigenvalue weighted by molar-refractivity contribution is 0.138. The third-order valence-electron chi connectivity index (χ3n) is 3.80. The number of fused-ring (bicyclic) bond motifs is 1. The lowest BCUT2D eigenvalue weighted by Crippen LogP contribution is -2.49. The van der Waals surface area contributed by atoms with E-state index >= 15 is 0 Å². The van der Waals surface area contributed by atoms with Crippen molar-refractivity contribution in [3.8, 4) is 0 Å². The van der Waals surface area contributed by atoms with Crippen molar-refractivity contribution in [2.24, 2.45) is 0 Å². The molecule has 0 aliphatic carbocycles. The van der Waals surface area contributed by atoms with Gasteiger partial charge in [-0.25, -0.2) is 0 Å². The maximum Gasteiger partial charge on any atom is 0.0490 e. The van der Waals surface area contributed by atoms with E-state index in [-0.39, 0.29) is 0 Å². The topological polar surface area (TPSA) is 15.3 Å². The number of halogens is 1. The molecule has 2 aliphatic heterocycles. The summed E-state index contributed by atoms with van der Waals surface area (Å²) in [6, 6.07) is 9.43. The number of hydrogen-bond acceptors (Lipinski definition) is 2. The van der Waals surface area contributed by atoms with E-state index in [0.29, 0.717) is 6.04 Å². The highest BCUT2D eigenvalue weighted by atomic mass is 35.5. The molecule has 2 aliphatic rings. The van der Waals surface area contributed by atoms with Crippen LogP contribution >= 0.6 is 11.6 Å². The van der Waals surface area contributed by atoms with Gasteiger partial charge < -0.3 is 5.32 Å². The number of hydrogen-bond donors (Lipinski definition) is 1. The third-order valence-corrected chi connectivity index (χ3v) is 4.15. The van der Waals surface area contributed by atoms with Gasteiger partial charge in [-0.1, -0.05) is 29.8 Å². The normalized spacial score (nSPS) is 30.3. The van der Waals surface area contributed by atoms with Crippen molar-refractivity contribution in [2.45, 2.75) is 24.9 Å². The minimum atomic E-state index is 0.468. The van der Waals surface area contributed by atoms with Crippen LogP contribution in [-0.4, -0.2) is 30.6 Å². The van der Waals surface area contributed by atoms with Crippen molar-refractivity contribution < 1.29 is 0 Å². The molecule has 0 bridgehead atoms. The van der Waals surface area contributed by atoms with E-state index in [1.807, 2.05) is 12.1 Å². The molecule has 2 unspecified atom stereocenters. The molecule has 0 amide bonds. The Morgan fingerprint density at radius 3 is 3.00 bits per heavy atom. The van der Waals surface area contributed by atoms with Gasteiger partial charge in [0.1, 0.15) is 0 Å². The van der Waals surface area contributed by atoms with Gasteiger partial charge in [0.05, 0.1) is 0 Å². The van der Waals surface area contributed by atoms with Gasteiger partial charge in [0.2, 0.25) is 0 Å². The molecule has 0 saturated carbocycles. The molecule has 2 saturated heterocycles. The molecule has 1 N–H and O–H groups in total. The molecule has 1 aromatic carbocycles. The SMILES string of the molecule is Clc1ccccc1C1CNCC2CCCN21. The summed E-state index contributed by atoms with van der Waals surface area (Å²) in [6.45, 7) is 3.39. The molecular formula is C13H17ClN2. The van der Waals surface area contributed by atoms with Crippen LogP contribution in [0.25, 0.3) is 0 Å². The summed E-state index contributed by atoms with van der Waals surface area (Å²) in [6.07, 6.45) is 2.65. The molecule has 16 heavy (non-hydrogen) atoms. The molecule has 0 aromatic heterocycles. The molecule has 2 nitrogen and oxygen atoms in total. The van der Waals surface area contributed by atoms with Crippen molar-refractivity contribution in [2.75, 3.05) is 19.6 Å². The monoisotopic (exact) mass is 236 g/mol. The van der Waals surface area contributed by atoms with Crippen molar-refractivity contribution >= 4 is 11.6 Å². The Balaban J connectivity index is 1.91. The zero-order valence-electron chi connectivity index (χ0n) is 9.32. The van der Waals surface area contributed by atoms with Crippen LogP contribution in [0.5, 0.6) is 0 Å². The molecule has 3 heteroatoms. The second-order valence-electron chi connectivity index (χ2n) is 4.73. The first-order valence-electron chi connectivity index (χ1n) is 6.07. The van der Waals surface area contributed by atoms with Crippen LogP contribution in [0.3, 0.4) is 0 Å². The summed E-state index contributed by atoms with van der Waals surface area (Å²) in [5.41, 5.74) is 1.28. The highest BCUT2D eigenvalue weighted by Gasteiger charge is 2.35. The molecule has 2 fully saturated rings. The third kappa shape index (κ3) is 1.75. The van der Waals surface area contributed by atoms with Crippen LogP contribution in [-0.2, 0) is 0 Å². The standard InChI is InChI=1S/C13H17ClN2/c14-12-6-2-1-5-11(12)13-9-15-8-10-4-3-7-16(10)13/h1-2,5-6,10,13,15H,3-4,7-9H2. The quantitative estimate of drug-likeness (QED) is 0.806. The van der Waals surface area contributed by atoms with Crippen molar-refractivity contribution in [3.05, 3.63) is 34.9 Å². The Kier molecular flexibility index (Phi) is 2.88. The summed E-state index contributed by atoms with van der Waals surface area (Å²) in [5.74, 6) is 0. The van der Waals surface area contributed by atoms with Crippen LogP contribution in [0.1, 0.15) is 24.4 Å². The second kappa shape index (κ2) is 4.36. The largest absolute Gasteiger partial charge is 0.313 e. The van der Waals surface area contributed by atoms with Gasteiger partial charge in [-0.05, 0) is 31.0 Å².